The van der Waals surface area contributed by atoms with Gasteiger partial charge in [0.2, 0.25) is 5.88 Å². The molecule has 4 nitrogen and oxygen atoms in total. The van der Waals surface area contributed by atoms with Gasteiger partial charge in [-0.05, 0) is 19.1 Å². The van der Waals surface area contributed by atoms with Crippen molar-refractivity contribution in [3.63, 3.8) is 0 Å². The van der Waals surface area contributed by atoms with Crippen LogP contribution in [0.25, 0.3) is 0 Å². The lowest BCUT2D eigenvalue weighted by Crippen LogP contribution is -2.28. The lowest BCUT2D eigenvalue weighted by molar-refractivity contribution is 0.430. The Morgan fingerprint density at radius 1 is 1.85 bits per heavy atom. The molecule has 0 spiro atoms. The predicted molar refractivity (Wildman–Crippen MR) is 55.7 cm³/mol. The van der Waals surface area contributed by atoms with Gasteiger partial charge >= 0.3 is 0 Å². The van der Waals surface area contributed by atoms with E-state index in [1.54, 1.807) is 12.1 Å². The van der Waals surface area contributed by atoms with E-state index in [1.165, 1.54) is 0 Å². The summed E-state index contributed by atoms with van der Waals surface area (Å²) in [6, 6.07) is 1.77. The minimum Gasteiger partial charge on any atom is -0.359 e. The summed E-state index contributed by atoms with van der Waals surface area (Å²) in [6.45, 7) is 6.02. The van der Waals surface area contributed by atoms with Gasteiger partial charge in [0.25, 0.3) is 0 Å². The van der Waals surface area contributed by atoms with Crippen LogP contribution in [-0.4, -0.2) is 16.8 Å². The number of nitrogens with one attached hydrogen (secondary N) is 2. The molecule has 0 bridgehead atoms. The zero-order valence-corrected chi connectivity index (χ0v) is 8.15. The summed E-state index contributed by atoms with van der Waals surface area (Å²) in [6.07, 6.45) is 1.72. The molecule has 0 amide bonds. The van der Waals surface area contributed by atoms with E-state index in [1.807, 2.05) is 6.92 Å². The lowest BCUT2D eigenvalue weighted by atomic mass is 10.5. The maximum Gasteiger partial charge on any atom is 0.231 e. The van der Waals surface area contributed by atoms with Crippen molar-refractivity contribution in [2.75, 3.05) is 11.9 Å². The number of thiocarbonyl (C=S) groups is 1. The van der Waals surface area contributed by atoms with Gasteiger partial charge in [-0.3, -0.25) is 0 Å². The molecule has 1 heterocycles. The zero-order chi connectivity index (χ0) is 9.68. The van der Waals surface area contributed by atoms with E-state index in [9.17, 15) is 0 Å². The minimum atomic E-state index is 0.496. The molecule has 70 valence electrons. The molecule has 0 atom stereocenters. The van der Waals surface area contributed by atoms with Crippen LogP contribution in [0.5, 0.6) is 0 Å². The van der Waals surface area contributed by atoms with Gasteiger partial charge in [0.05, 0.1) is 5.69 Å². The highest BCUT2D eigenvalue weighted by Crippen LogP contribution is 2.07. The molecule has 1 aromatic rings. The monoisotopic (exact) mass is 197 g/mol. The van der Waals surface area contributed by atoms with E-state index in [-0.39, 0.29) is 0 Å². The Kier molecular flexibility index (Phi) is 3.45. The quantitative estimate of drug-likeness (QED) is 0.567. The zero-order valence-electron chi connectivity index (χ0n) is 7.33. The number of anilines is 1. The van der Waals surface area contributed by atoms with E-state index >= 15 is 0 Å². The average Bonchev–Trinajstić information content (AvgIpc) is 2.48. The topological polar surface area (TPSA) is 50.1 Å². The summed E-state index contributed by atoms with van der Waals surface area (Å²) in [4.78, 5) is 0. The van der Waals surface area contributed by atoms with Gasteiger partial charge in [0.15, 0.2) is 5.11 Å². The first-order chi connectivity index (χ1) is 6.22. The van der Waals surface area contributed by atoms with Crippen molar-refractivity contribution in [2.45, 2.75) is 6.92 Å². The molecule has 2 N–H and O–H groups in total. The molecule has 1 rings (SSSR count). The van der Waals surface area contributed by atoms with Gasteiger partial charge in [-0.1, -0.05) is 11.2 Å². The van der Waals surface area contributed by atoms with Crippen LogP contribution in [0.4, 0.5) is 5.88 Å². The number of nitrogens with zero attached hydrogens (tertiary/aromatic N) is 1. The van der Waals surface area contributed by atoms with Crippen LogP contribution in [0.2, 0.25) is 0 Å². The van der Waals surface area contributed by atoms with Crippen molar-refractivity contribution in [3.8, 4) is 0 Å². The van der Waals surface area contributed by atoms with E-state index in [0.29, 0.717) is 17.5 Å². The Bertz CT molecular complexity index is 308. The molecule has 1 aromatic heterocycles. The largest absolute Gasteiger partial charge is 0.359 e. The lowest BCUT2D eigenvalue weighted by Gasteiger charge is -2.04. The fourth-order valence-electron chi connectivity index (χ4n) is 0.743. The number of aromatic nitrogens is 1. The Labute approximate surface area is 82.0 Å². The van der Waals surface area contributed by atoms with Crippen LogP contribution in [0, 0.1) is 6.92 Å². The Morgan fingerprint density at radius 3 is 3.15 bits per heavy atom. The van der Waals surface area contributed by atoms with Crippen LogP contribution < -0.4 is 10.6 Å². The van der Waals surface area contributed by atoms with Crippen molar-refractivity contribution in [2.24, 2.45) is 0 Å². The standard InChI is InChI=1S/C8H11N3OS/c1-3-4-9-8(13)10-7-5-6(2)11-12-7/h3,5H,1,4H2,2H3,(H2,9,10,13). The third kappa shape index (κ3) is 3.25. The van der Waals surface area contributed by atoms with Gasteiger partial charge in [0, 0.05) is 12.6 Å². The molecule has 0 unspecified atom stereocenters. The van der Waals surface area contributed by atoms with Gasteiger partial charge in [-0.15, -0.1) is 6.58 Å². The summed E-state index contributed by atoms with van der Waals surface area (Å²) in [7, 11) is 0. The molecule has 0 aromatic carbocycles. The maximum absolute atomic E-state index is 4.95. The predicted octanol–water partition coefficient (Wildman–Crippen LogP) is 1.46. The van der Waals surface area contributed by atoms with Crippen molar-refractivity contribution >= 4 is 23.2 Å². The maximum atomic E-state index is 4.95. The summed E-state index contributed by atoms with van der Waals surface area (Å²) in [5, 5.41) is 9.95. The second-order valence-electron chi connectivity index (χ2n) is 2.46. The smallest absolute Gasteiger partial charge is 0.231 e. The van der Waals surface area contributed by atoms with Crippen LogP contribution in [-0.2, 0) is 0 Å². The summed E-state index contributed by atoms with van der Waals surface area (Å²) < 4.78 is 4.90. The van der Waals surface area contributed by atoms with Crippen molar-refractivity contribution in [1.29, 1.82) is 0 Å². The Hall–Kier alpha value is -1.36. The van der Waals surface area contributed by atoms with E-state index in [4.69, 9.17) is 16.7 Å². The van der Waals surface area contributed by atoms with Crippen molar-refractivity contribution in [3.05, 3.63) is 24.4 Å². The molecule has 0 saturated heterocycles. The fourth-order valence-corrected chi connectivity index (χ4v) is 0.927. The number of hydrogen-bond donors (Lipinski definition) is 2. The van der Waals surface area contributed by atoms with E-state index in [2.05, 4.69) is 22.4 Å². The fraction of sp³-hybridized carbons (Fsp3) is 0.250. The molecule has 0 radical (unpaired) electrons. The second kappa shape index (κ2) is 4.61. The summed E-state index contributed by atoms with van der Waals surface area (Å²) in [5.74, 6) is 0.541. The van der Waals surface area contributed by atoms with E-state index < -0.39 is 0 Å². The molecular formula is C8H11N3OS. The van der Waals surface area contributed by atoms with Gasteiger partial charge < -0.3 is 15.2 Å². The summed E-state index contributed by atoms with van der Waals surface area (Å²) >= 11 is 4.95. The molecule has 13 heavy (non-hydrogen) atoms. The van der Waals surface area contributed by atoms with E-state index in [0.717, 1.165) is 5.69 Å². The molecule has 0 saturated carbocycles. The molecule has 0 aliphatic heterocycles. The first-order valence-corrected chi connectivity index (χ1v) is 4.22. The first kappa shape index (κ1) is 9.73. The second-order valence-corrected chi connectivity index (χ2v) is 2.86. The van der Waals surface area contributed by atoms with Crippen molar-refractivity contribution < 1.29 is 4.52 Å². The van der Waals surface area contributed by atoms with Crippen LogP contribution in [0.1, 0.15) is 5.69 Å². The normalized spacial score (nSPS) is 9.31. The molecule has 0 aliphatic carbocycles. The Morgan fingerprint density at radius 2 is 2.62 bits per heavy atom. The third-order valence-corrected chi connectivity index (χ3v) is 1.52. The van der Waals surface area contributed by atoms with Gasteiger partial charge in [0.1, 0.15) is 0 Å². The average molecular weight is 197 g/mol. The van der Waals surface area contributed by atoms with Crippen molar-refractivity contribution in [1.82, 2.24) is 10.5 Å². The first-order valence-electron chi connectivity index (χ1n) is 3.81. The third-order valence-electron chi connectivity index (χ3n) is 1.27. The highest BCUT2D eigenvalue weighted by molar-refractivity contribution is 7.80. The minimum absolute atomic E-state index is 0.496. The molecule has 0 fully saturated rings. The molecule has 5 heteroatoms. The van der Waals surface area contributed by atoms with Crippen LogP contribution in [0.3, 0.4) is 0 Å². The SMILES string of the molecule is C=CCNC(=S)Nc1cc(C)no1. The highest BCUT2D eigenvalue weighted by Gasteiger charge is 2.00. The summed E-state index contributed by atoms with van der Waals surface area (Å²) in [5.41, 5.74) is 0.814. The molecule has 0 aliphatic rings. The number of hydrogen-bond acceptors (Lipinski definition) is 3. The van der Waals surface area contributed by atoms with Gasteiger partial charge in [-0.25, -0.2) is 0 Å². The van der Waals surface area contributed by atoms with Gasteiger partial charge in [-0.2, -0.15) is 0 Å². The Balaban J connectivity index is 2.40. The highest BCUT2D eigenvalue weighted by atomic mass is 32.1. The number of rotatable bonds is 3. The number of aryl methyl sites for hydroxylation is 1. The van der Waals surface area contributed by atoms with Crippen LogP contribution >= 0.6 is 12.2 Å². The van der Waals surface area contributed by atoms with Crippen LogP contribution in [0.15, 0.2) is 23.2 Å². The molecular weight excluding hydrogens is 186 g/mol.